The molecule has 1 N–H and O–H groups in total. The quantitative estimate of drug-likeness (QED) is 0.442. The summed E-state index contributed by atoms with van der Waals surface area (Å²) < 4.78 is 12.9. The van der Waals surface area contributed by atoms with Crippen LogP contribution in [0.3, 0.4) is 0 Å². The Morgan fingerprint density at radius 2 is 1.83 bits per heavy atom. The molecule has 36 heavy (non-hydrogen) atoms. The first-order valence-corrected chi connectivity index (χ1v) is 12.2. The number of carbonyl (C=O) groups excluding carboxylic acids is 3. The monoisotopic (exact) mass is 485 g/mol. The fraction of sp³-hybridized carbons (Fsp3) is 0.321. The molecule has 1 fully saturated rings. The van der Waals surface area contributed by atoms with Gasteiger partial charge in [0.2, 0.25) is 6.79 Å². The van der Waals surface area contributed by atoms with E-state index >= 15 is 0 Å². The van der Waals surface area contributed by atoms with E-state index in [1.165, 1.54) is 0 Å². The molecule has 0 bridgehead atoms. The Balaban J connectivity index is 1.29. The second-order valence-electron chi connectivity index (χ2n) is 9.67. The molecule has 0 unspecified atom stereocenters. The lowest BCUT2D eigenvalue weighted by molar-refractivity contribution is -0.131. The van der Waals surface area contributed by atoms with Gasteiger partial charge in [0.25, 0.3) is 5.91 Å². The Morgan fingerprint density at radius 1 is 1.03 bits per heavy atom. The molecule has 8 heteroatoms. The number of nitrogens with one attached hydrogen (secondary N) is 1. The number of hydrogen-bond acceptors (Lipinski definition) is 5. The van der Waals surface area contributed by atoms with Gasteiger partial charge in [0.1, 0.15) is 5.54 Å². The number of Topliss-reactive ketones (excluding diaryl/α,β-unsaturated/α-hetero) is 1. The molecular weight excluding hydrogens is 458 g/mol. The number of imide groups is 1. The molecule has 3 amide bonds. The Bertz CT molecular complexity index is 1420. The van der Waals surface area contributed by atoms with Crippen molar-refractivity contribution in [2.24, 2.45) is 0 Å². The summed E-state index contributed by atoms with van der Waals surface area (Å²) in [6.07, 6.45) is 3.16. The number of aromatic nitrogens is 1. The highest BCUT2D eigenvalue weighted by atomic mass is 16.7. The van der Waals surface area contributed by atoms with Crippen LogP contribution >= 0.6 is 0 Å². The van der Waals surface area contributed by atoms with Crippen LogP contribution in [0.2, 0.25) is 0 Å². The Morgan fingerprint density at radius 3 is 2.69 bits per heavy atom. The zero-order valence-electron chi connectivity index (χ0n) is 20.3. The van der Waals surface area contributed by atoms with Gasteiger partial charge in [-0.15, -0.1) is 0 Å². The molecule has 3 heterocycles. The summed E-state index contributed by atoms with van der Waals surface area (Å²) in [6, 6.07) is 14.7. The number of aryl methyl sites for hydroxylation is 2. The molecule has 0 radical (unpaired) electrons. The summed E-state index contributed by atoms with van der Waals surface area (Å²) in [7, 11) is 0. The van der Waals surface area contributed by atoms with Crippen molar-refractivity contribution < 1.29 is 23.9 Å². The van der Waals surface area contributed by atoms with Gasteiger partial charge in [-0.1, -0.05) is 24.3 Å². The van der Waals surface area contributed by atoms with Crippen molar-refractivity contribution in [1.82, 2.24) is 14.8 Å². The standard InChI is InChI=1S/C28H27N3O5/c1-17-13-21(18(2)31(17)20-10-11-24-25(14-20)36-16-35-24)23(32)15-30-26(33)28(29-27(30)34)12-6-5-8-19-7-3-4-9-22(19)28/h3-4,7,9-11,13-14H,5-6,8,12,15-16H2,1-2H3,(H,29,34)/t28-/m0/s1. The molecule has 1 aliphatic carbocycles. The van der Waals surface area contributed by atoms with Gasteiger partial charge in [0, 0.05) is 28.7 Å². The van der Waals surface area contributed by atoms with Crippen LogP contribution < -0.4 is 14.8 Å². The van der Waals surface area contributed by atoms with Gasteiger partial charge < -0.3 is 19.4 Å². The molecule has 184 valence electrons. The molecule has 1 spiro atoms. The number of amides is 3. The lowest BCUT2D eigenvalue weighted by atomic mass is 9.84. The number of rotatable bonds is 4. The molecule has 3 aliphatic rings. The van der Waals surface area contributed by atoms with Gasteiger partial charge in [0.15, 0.2) is 17.3 Å². The van der Waals surface area contributed by atoms with Crippen molar-refractivity contribution in [2.45, 2.75) is 45.1 Å². The third-order valence-corrected chi connectivity index (χ3v) is 7.55. The highest BCUT2D eigenvalue weighted by Gasteiger charge is 2.53. The molecule has 0 saturated carbocycles. The van der Waals surface area contributed by atoms with E-state index in [-0.39, 0.29) is 25.0 Å². The minimum atomic E-state index is -1.10. The first kappa shape index (κ1) is 22.4. The third kappa shape index (κ3) is 3.31. The minimum Gasteiger partial charge on any atom is -0.454 e. The number of nitrogens with zero attached hydrogens (tertiary/aromatic N) is 2. The third-order valence-electron chi connectivity index (χ3n) is 7.55. The molecule has 2 aliphatic heterocycles. The van der Waals surface area contributed by atoms with E-state index in [0.29, 0.717) is 23.5 Å². The molecular formula is C28H27N3O5. The van der Waals surface area contributed by atoms with Gasteiger partial charge in [-0.2, -0.15) is 0 Å². The van der Waals surface area contributed by atoms with Gasteiger partial charge >= 0.3 is 6.03 Å². The second kappa shape index (κ2) is 8.26. The smallest absolute Gasteiger partial charge is 0.325 e. The van der Waals surface area contributed by atoms with Crippen LogP contribution in [0.5, 0.6) is 11.5 Å². The van der Waals surface area contributed by atoms with Crippen LogP contribution in [0.1, 0.15) is 52.1 Å². The summed E-state index contributed by atoms with van der Waals surface area (Å²) in [5, 5.41) is 2.96. The highest BCUT2D eigenvalue weighted by Crippen LogP contribution is 2.39. The Labute approximate surface area is 208 Å². The van der Waals surface area contributed by atoms with E-state index in [2.05, 4.69) is 5.32 Å². The number of ketones is 1. The number of carbonyl (C=O) groups is 3. The SMILES string of the molecule is Cc1cc(C(=O)CN2C(=O)N[C@]3(CCCCc4ccccc43)C2=O)c(C)n1-c1ccc2c(c1)OCO2. The molecule has 8 nitrogen and oxygen atoms in total. The predicted molar refractivity (Wildman–Crippen MR) is 132 cm³/mol. The van der Waals surface area contributed by atoms with E-state index in [0.717, 1.165) is 52.4 Å². The first-order valence-electron chi connectivity index (χ1n) is 12.2. The minimum absolute atomic E-state index is 0.185. The first-order chi connectivity index (χ1) is 17.4. The predicted octanol–water partition coefficient (Wildman–Crippen LogP) is 4.18. The number of hydrogen-bond donors (Lipinski definition) is 1. The molecule has 1 saturated heterocycles. The summed E-state index contributed by atoms with van der Waals surface area (Å²) in [6.45, 7) is 3.66. The van der Waals surface area contributed by atoms with Crippen molar-refractivity contribution >= 4 is 17.7 Å². The van der Waals surface area contributed by atoms with Gasteiger partial charge in [-0.3, -0.25) is 14.5 Å². The lowest BCUT2D eigenvalue weighted by Gasteiger charge is -2.27. The van der Waals surface area contributed by atoms with Crippen molar-refractivity contribution in [1.29, 1.82) is 0 Å². The van der Waals surface area contributed by atoms with Crippen LogP contribution in [-0.2, 0) is 16.8 Å². The van der Waals surface area contributed by atoms with E-state index < -0.39 is 11.6 Å². The zero-order chi connectivity index (χ0) is 25.0. The van der Waals surface area contributed by atoms with E-state index in [1.807, 2.05) is 60.9 Å². The maximum absolute atomic E-state index is 13.7. The van der Waals surface area contributed by atoms with Gasteiger partial charge in [-0.25, -0.2) is 4.79 Å². The van der Waals surface area contributed by atoms with Crippen molar-refractivity contribution in [3.05, 3.63) is 76.6 Å². The van der Waals surface area contributed by atoms with Crippen LogP contribution in [0.4, 0.5) is 4.79 Å². The zero-order valence-corrected chi connectivity index (χ0v) is 20.3. The number of ether oxygens (including phenoxy) is 2. The lowest BCUT2D eigenvalue weighted by Crippen LogP contribution is -2.44. The maximum Gasteiger partial charge on any atom is 0.325 e. The second-order valence-corrected chi connectivity index (χ2v) is 9.67. The topological polar surface area (TPSA) is 89.9 Å². The average Bonchev–Trinajstić information content (AvgIpc) is 3.48. The summed E-state index contributed by atoms with van der Waals surface area (Å²) in [5.74, 6) is 0.712. The van der Waals surface area contributed by atoms with Crippen molar-refractivity contribution in [3.63, 3.8) is 0 Å². The van der Waals surface area contributed by atoms with Crippen LogP contribution in [0, 0.1) is 13.8 Å². The van der Waals surface area contributed by atoms with Crippen LogP contribution in [0.15, 0.2) is 48.5 Å². The largest absolute Gasteiger partial charge is 0.454 e. The number of urea groups is 1. The summed E-state index contributed by atoms with van der Waals surface area (Å²) >= 11 is 0. The van der Waals surface area contributed by atoms with Crippen LogP contribution in [0.25, 0.3) is 5.69 Å². The van der Waals surface area contributed by atoms with Gasteiger partial charge in [-0.05, 0) is 68.9 Å². The fourth-order valence-electron chi connectivity index (χ4n) is 5.81. The number of fused-ring (bicyclic) bond motifs is 3. The fourth-order valence-corrected chi connectivity index (χ4v) is 5.81. The number of benzene rings is 2. The van der Waals surface area contributed by atoms with Gasteiger partial charge in [0.05, 0.1) is 6.54 Å². The maximum atomic E-state index is 13.7. The highest BCUT2D eigenvalue weighted by molar-refractivity contribution is 6.11. The van der Waals surface area contributed by atoms with E-state index in [1.54, 1.807) is 6.07 Å². The normalized spacial score (nSPS) is 20.4. The van der Waals surface area contributed by atoms with E-state index in [4.69, 9.17) is 9.47 Å². The molecule has 1 atom stereocenters. The molecule has 6 rings (SSSR count). The molecule has 3 aromatic rings. The van der Waals surface area contributed by atoms with Crippen LogP contribution in [-0.4, -0.2) is 40.5 Å². The Hall–Kier alpha value is -4.07. The van der Waals surface area contributed by atoms with Crippen molar-refractivity contribution in [2.75, 3.05) is 13.3 Å². The Kier molecular flexibility index (Phi) is 5.14. The molecule has 2 aromatic carbocycles. The van der Waals surface area contributed by atoms with Crippen molar-refractivity contribution in [3.8, 4) is 17.2 Å². The summed E-state index contributed by atoms with van der Waals surface area (Å²) in [4.78, 5) is 41.3. The average molecular weight is 486 g/mol. The van der Waals surface area contributed by atoms with E-state index in [9.17, 15) is 14.4 Å². The summed E-state index contributed by atoms with van der Waals surface area (Å²) in [5.41, 5.74) is 3.73. The molecule has 1 aromatic heterocycles.